The minimum Gasteiger partial charge on any atom is -0.463 e. The number of hydrogen-bond acceptors (Lipinski definition) is 20. The molecule has 3 aliphatic heterocycles. The van der Waals surface area contributed by atoms with E-state index in [1.54, 1.807) is 6.26 Å². The van der Waals surface area contributed by atoms with E-state index in [1.165, 1.54) is 41.5 Å². The molecule has 46 heavy (non-hydrogen) atoms. The summed E-state index contributed by atoms with van der Waals surface area (Å²) < 4.78 is 49.5. The summed E-state index contributed by atoms with van der Waals surface area (Å²) in [6, 6.07) is 0. The fraction of sp³-hybridized carbons (Fsp3) is 0.769. The Labute approximate surface area is 269 Å². The van der Waals surface area contributed by atoms with E-state index in [0.29, 0.717) is 12.8 Å². The molecule has 20 heteroatoms. The second kappa shape index (κ2) is 22.6. The average Bonchev–Trinajstić information content (AvgIpc) is 3.54. The van der Waals surface area contributed by atoms with Gasteiger partial charge in [0.2, 0.25) is 6.29 Å². The van der Waals surface area contributed by atoms with Gasteiger partial charge in [0.05, 0.1) is 12.2 Å². The zero-order chi connectivity index (χ0) is 35.4. The van der Waals surface area contributed by atoms with Gasteiger partial charge >= 0.3 is 35.8 Å². The Morgan fingerprint density at radius 2 is 1.26 bits per heavy atom. The van der Waals surface area contributed by atoms with Crippen molar-refractivity contribution >= 4 is 47.9 Å². The summed E-state index contributed by atoms with van der Waals surface area (Å²) in [7, 11) is 0. The Morgan fingerprint density at radius 3 is 1.63 bits per heavy atom. The Hall–Kier alpha value is -2.95. The third kappa shape index (κ3) is 21.0. The Balaban J connectivity index is 0.000000647. The van der Waals surface area contributed by atoms with Gasteiger partial charge in [0.25, 0.3) is 0 Å². The lowest BCUT2D eigenvalue weighted by molar-refractivity contribution is -0.591. The SMILES string of the molecule is CC(=O)OC(C)=O.CC(=O)OC[C@@H]1C[C@@H](OC(C)=O)C(OC(C)=O)O1.CC(=O)OC[C@@H]1C[C@H]2OC(C)(C)OC2O1.CSOOOO. The van der Waals surface area contributed by atoms with Crippen LogP contribution in [0.25, 0.3) is 0 Å². The van der Waals surface area contributed by atoms with E-state index in [9.17, 15) is 28.8 Å². The second-order valence-electron chi connectivity index (χ2n) is 9.72. The summed E-state index contributed by atoms with van der Waals surface area (Å²) >= 11 is 0.919. The van der Waals surface area contributed by atoms with Crippen molar-refractivity contribution in [2.75, 3.05) is 19.5 Å². The van der Waals surface area contributed by atoms with E-state index in [-0.39, 0.29) is 37.7 Å². The molecule has 0 aliphatic carbocycles. The van der Waals surface area contributed by atoms with Crippen molar-refractivity contribution in [2.24, 2.45) is 0 Å². The summed E-state index contributed by atoms with van der Waals surface area (Å²) in [5.41, 5.74) is 0. The predicted octanol–water partition coefficient (Wildman–Crippen LogP) is 1.69. The summed E-state index contributed by atoms with van der Waals surface area (Å²) in [6.07, 6.45) is 0.0770. The highest BCUT2D eigenvalue weighted by Crippen LogP contribution is 2.37. The van der Waals surface area contributed by atoms with Crippen LogP contribution < -0.4 is 0 Å². The highest BCUT2D eigenvalue weighted by molar-refractivity contribution is 7.93. The van der Waals surface area contributed by atoms with Gasteiger partial charge in [-0.25, -0.2) is 5.26 Å². The molecule has 0 spiro atoms. The highest BCUT2D eigenvalue weighted by Gasteiger charge is 2.48. The lowest BCUT2D eigenvalue weighted by atomic mass is 10.2. The van der Waals surface area contributed by atoms with Crippen LogP contribution in [0, 0.1) is 0 Å². The molecule has 3 saturated heterocycles. The number of carbonyl (C=O) groups excluding carboxylic acids is 6. The number of ether oxygens (including phenoxy) is 9. The molecule has 266 valence electrons. The Morgan fingerprint density at radius 1 is 0.739 bits per heavy atom. The molecule has 19 nitrogen and oxygen atoms in total. The van der Waals surface area contributed by atoms with Crippen LogP contribution in [0.3, 0.4) is 0 Å². The van der Waals surface area contributed by atoms with Crippen LogP contribution in [0.5, 0.6) is 0 Å². The zero-order valence-corrected chi connectivity index (χ0v) is 27.8. The molecule has 0 bridgehead atoms. The third-order valence-electron chi connectivity index (χ3n) is 5.04. The maximum atomic E-state index is 10.9. The van der Waals surface area contributed by atoms with Gasteiger partial charge in [0, 0.05) is 72.7 Å². The number of rotatable bonds is 9. The lowest BCUT2D eigenvalue weighted by Crippen LogP contribution is -2.30. The quantitative estimate of drug-likeness (QED) is 0.0689. The van der Waals surface area contributed by atoms with Crippen molar-refractivity contribution in [3.05, 3.63) is 0 Å². The first-order valence-corrected chi connectivity index (χ1v) is 14.7. The molecule has 0 aromatic rings. The van der Waals surface area contributed by atoms with Crippen LogP contribution in [0.15, 0.2) is 0 Å². The van der Waals surface area contributed by atoms with Gasteiger partial charge < -0.3 is 42.6 Å². The van der Waals surface area contributed by atoms with Crippen molar-refractivity contribution in [1.29, 1.82) is 0 Å². The van der Waals surface area contributed by atoms with Gasteiger partial charge in [-0.2, -0.15) is 0 Å². The maximum Gasteiger partial charge on any atom is 0.310 e. The molecule has 0 aromatic carbocycles. The van der Waals surface area contributed by atoms with Gasteiger partial charge in [-0.05, 0) is 23.9 Å². The van der Waals surface area contributed by atoms with E-state index in [4.69, 9.17) is 43.2 Å². The fourth-order valence-electron chi connectivity index (χ4n) is 3.75. The molecule has 0 amide bonds. The van der Waals surface area contributed by atoms with Crippen LogP contribution >= 0.6 is 12.0 Å². The number of fused-ring (bicyclic) bond motifs is 1. The van der Waals surface area contributed by atoms with Crippen LogP contribution in [-0.4, -0.2) is 103 Å². The minimum absolute atomic E-state index is 0.0326. The molecule has 0 radical (unpaired) electrons. The second-order valence-corrected chi connectivity index (χ2v) is 10.2. The van der Waals surface area contributed by atoms with E-state index < -0.39 is 54.1 Å². The molecule has 0 aromatic heterocycles. The summed E-state index contributed by atoms with van der Waals surface area (Å²) in [6.45, 7) is 11.5. The first kappa shape index (κ1) is 43.0. The van der Waals surface area contributed by atoms with Crippen LogP contribution in [0.4, 0.5) is 0 Å². The molecule has 2 unspecified atom stereocenters. The van der Waals surface area contributed by atoms with Gasteiger partial charge in [0.1, 0.15) is 19.3 Å². The lowest BCUT2D eigenvalue weighted by Gasteiger charge is -2.20. The van der Waals surface area contributed by atoms with Crippen molar-refractivity contribution < 1.29 is 91.1 Å². The topological polar surface area (TPSA) is 233 Å². The standard InChI is InChI=1S/C11H16O7.C10H16O5.C4H6O3.CH4O4S/c1-6(12)15-5-9-4-10(16-7(2)13)11(18-9)17-8(3)14;1-6(11)12-5-7-4-8-9(13-7)15-10(2,3)14-8;1-3(5)7-4(2)6;1-6-5-4-3-2/h9-11H,4-5H2,1-3H3;7-9H,4-5H2,1-3H3;1-2H3;2H,1H3/t9-,10+,11?;7-,8+,9?;;/m00../s1. The molecule has 3 heterocycles. The molecule has 3 aliphatic rings. The number of carbonyl (C=O) groups is 6. The van der Waals surface area contributed by atoms with Crippen molar-refractivity contribution in [1.82, 2.24) is 0 Å². The fourth-order valence-corrected chi connectivity index (χ4v) is 3.83. The first-order chi connectivity index (χ1) is 21.4. The van der Waals surface area contributed by atoms with Gasteiger partial charge in [-0.1, -0.05) is 0 Å². The van der Waals surface area contributed by atoms with E-state index >= 15 is 0 Å². The van der Waals surface area contributed by atoms with Crippen LogP contribution in [-0.2, 0) is 85.8 Å². The largest absolute Gasteiger partial charge is 0.463 e. The first-order valence-electron chi connectivity index (χ1n) is 13.5. The van der Waals surface area contributed by atoms with Crippen LogP contribution in [0.1, 0.15) is 68.2 Å². The molecule has 6 atom stereocenters. The predicted molar refractivity (Wildman–Crippen MR) is 149 cm³/mol. The van der Waals surface area contributed by atoms with E-state index in [2.05, 4.69) is 19.1 Å². The Kier molecular flexibility index (Phi) is 21.1. The summed E-state index contributed by atoms with van der Waals surface area (Å²) in [4.78, 5) is 62.7. The summed E-state index contributed by atoms with van der Waals surface area (Å²) in [5.74, 6) is -3.45. The van der Waals surface area contributed by atoms with E-state index in [1.807, 2.05) is 13.8 Å². The Bertz CT molecular complexity index is 932. The molecular weight excluding hydrogens is 648 g/mol. The monoisotopic (exact) mass is 690 g/mol. The smallest absolute Gasteiger partial charge is 0.310 e. The molecule has 3 rings (SSSR count). The molecule has 3 fully saturated rings. The number of hydrogen-bond donors (Lipinski definition) is 1. The van der Waals surface area contributed by atoms with Gasteiger partial charge in [-0.3, -0.25) is 28.8 Å². The van der Waals surface area contributed by atoms with Gasteiger partial charge in [0.15, 0.2) is 18.2 Å². The van der Waals surface area contributed by atoms with Gasteiger partial charge in [-0.15, -0.1) is 4.33 Å². The maximum absolute atomic E-state index is 10.9. The average molecular weight is 691 g/mol. The van der Waals surface area contributed by atoms with Crippen LogP contribution in [0.2, 0.25) is 0 Å². The van der Waals surface area contributed by atoms with Crippen molar-refractivity contribution in [3.63, 3.8) is 0 Å². The summed E-state index contributed by atoms with van der Waals surface area (Å²) in [5, 5.41) is 13.9. The zero-order valence-electron chi connectivity index (χ0n) is 27.0. The highest BCUT2D eigenvalue weighted by atomic mass is 32.2. The third-order valence-corrected chi connectivity index (χ3v) is 5.24. The van der Waals surface area contributed by atoms with Crippen molar-refractivity contribution in [2.45, 2.75) is 111 Å². The van der Waals surface area contributed by atoms with E-state index in [0.717, 1.165) is 12.0 Å². The van der Waals surface area contributed by atoms with Crippen molar-refractivity contribution in [3.8, 4) is 0 Å². The molecule has 0 saturated carbocycles. The molecule has 1 N–H and O–H groups in total. The minimum atomic E-state index is -0.952. The number of esters is 6. The normalized spacial score (nSPS) is 25.0. The molecular formula is C26H42O19S.